The van der Waals surface area contributed by atoms with Crippen LogP contribution in [-0.2, 0) is 14.8 Å². The molecule has 0 fully saturated rings. The largest absolute Gasteiger partial charge is 0.497 e. The summed E-state index contributed by atoms with van der Waals surface area (Å²) in [6.07, 6.45) is 0. The first kappa shape index (κ1) is 18.5. The number of ether oxygens (including phenoxy) is 1. The minimum atomic E-state index is -3.81. The summed E-state index contributed by atoms with van der Waals surface area (Å²) in [4.78, 5) is 11.9. The van der Waals surface area contributed by atoms with Gasteiger partial charge in [-0.2, -0.15) is 0 Å². The van der Waals surface area contributed by atoms with Gasteiger partial charge in [-0.15, -0.1) is 0 Å². The third-order valence-electron chi connectivity index (χ3n) is 3.00. The van der Waals surface area contributed by atoms with Crippen LogP contribution in [0, 0.1) is 0 Å². The van der Waals surface area contributed by atoms with Crippen molar-refractivity contribution < 1.29 is 17.9 Å². The topological polar surface area (TPSA) is 84.5 Å². The van der Waals surface area contributed by atoms with E-state index in [1.807, 2.05) is 0 Å². The molecule has 2 rings (SSSR count). The van der Waals surface area contributed by atoms with Crippen molar-refractivity contribution in [3.8, 4) is 5.75 Å². The van der Waals surface area contributed by atoms with Gasteiger partial charge in [-0.1, -0.05) is 23.2 Å². The van der Waals surface area contributed by atoms with E-state index in [2.05, 4.69) is 10.0 Å². The highest BCUT2D eigenvalue weighted by molar-refractivity contribution is 7.89. The van der Waals surface area contributed by atoms with Gasteiger partial charge in [0.25, 0.3) is 0 Å². The molecule has 9 heteroatoms. The lowest BCUT2D eigenvalue weighted by atomic mass is 10.3. The number of benzene rings is 2. The van der Waals surface area contributed by atoms with Gasteiger partial charge in [0, 0.05) is 5.02 Å². The fourth-order valence-corrected chi connectivity index (χ4v) is 3.22. The molecular formula is C15H14Cl2N2O4S. The van der Waals surface area contributed by atoms with Gasteiger partial charge in [-0.05, 0) is 42.5 Å². The standard InChI is InChI=1S/C15H14Cl2N2O4S/c1-23-11-3-5-12(6-4-11)24(21,22)18-9-15(20)19-14-7-2-10(16)8-13(14)17/h2-8,18H,9H2,1H3,(H,19,20). The number of halogens is 2. The third-order valence-corrected chi connectivity index (χ3v) is 4.96. The fourth-order valence-electron chi connectivity index (χ4n) is 1.78. The van der Waals surface area contributed by atoms with Gasteiger partial charge in [0.2, 0.25) is 15.9 Å². The predicted molar refractivity (Wildman–Crippen MR) is 93.3 cm³/mol. The Morgan fingerprint density at radius 3 is 2.38 bits per heavy atom. The second-order valence-corrected chi connectivity index (χ2v) is 7.28. The Morgan fingerprint density at radius 1 is 1.12 bits per heavy atom. The first-order chi connectivity index (χ1) is 11.3. The maximum absolute atomic E-state index is 12.1. The molecule has 1 amide bonds. The zero-order chi connectivity index (χ0) is 17.7. The average molecular weight is 389 g/mol. The van der Waals surface area contributed by atoms with E-state index < -0.39 is 22.5 Å². The second-order valence-electron chi connectivity index (χ2n) is 4.67. The summed E-state index contributed by atoms with van der Waals surface area (Å²) in [6.45, 7) is -0.437. The summed E-state index contributed by atoms with van der Waals surface area (Å²) < 4.78 is 31.4. The van der Waals surface area contributed by atoms with E-state index in [9.17, 15) is 13.2 Å². The third kappa shape index (κ3) is 4.85. The molecule has 128 valence electrons. The lowest BCUT2D eigenvalue weighted by Crippen LogP contribution is -2.32. The van der Waals surface area contributed by atoms with Crippen LogP contribution in [-0.4, -0.2) is 28.0 Å². The van der Waals surface area contributed by atoms with Gasteiger partial charge in [0.15, 0.2) is 0 Å². The number of amides is 1. The highest BCUT2D eigenvalue weighted by atomic mass is 35.5. The summed E-state index contributed by atoms with van der Waals surface area (Å²) in [5.74, 6) is -0.0274. The number of rotatable bonds is 6. The number of nitrogens with one attached hydrogen (secondary N) is 2. The van der Waals surface area contributed by atoms with Crippen molar-refractivity contribution in [2.75, 3.05) is 19.0 Å². The van der Waals surface area contributed by atoms with Crippen LogP contribution in [0.2, 0.25) is 10.0 Å². The lowest BCUT2D eigenvalue weighted by Gasteiger charge is -2.09. The highest BCUT2D eigenvalue weighted by Gasteiger charge is 2.16. The maximum Gasteiger partial charge on any atom is 0.241 e. The van der Waals surface area contributed by atoms with Gasteiger partial charge in [-0.3, -0.25) is 4.79 Å². The molecular weight excluding hydrogens is 375 g/mol. The van der Waals surface area contributed by atoms with E-state index in [0.717, 1.165) is 0 Å². The lowest BCUT2D eigenvalue weighted by molar-refractivity contribution is -0.115. The van der Waals surface area contributed by atoms with Crippen LogP contribution in [0.1, 0.15) is 0 Å². The minimum absolute atomic E-state index is 0.0284. The van der Waals surface area contributed by atoms with Gasteiger partial charge >= 0.3 is 0 Å². The van der Waals surface area contributed by atoms with Gasteiger partial charge in [0.05, 0.1) is 29.3 Å². The predicted octanol–water partition coefficient (Wildman–Crippen LogP) is 2.92. The zero-order valence-electron chi connectivity index (χ0n) is 12.5. The highest BCUT2D eigenvalue weighted by Crippen LogP contribution is 2.25. The number of carbonyl (C=O) groups is 1. The zero-order valence-corrected chi connectivity index (χ0v) is 14.9. The molecule has 0 radical (unpaired) electrons. The Hall–Kier alpha value is -1.80. The van der Waals surface area contributed by atoms with Gasteiger partial charge in [0.1, 0.15) is 5.75 Å². The van der Waals surface area contributed by atoms with Crippen molar-refractivity contribution >= 4 is 44.8 Å². The Morgan fingerprint density at radius 2 is 1.79 bits per heavy atom. The average Bonchev–Trinajstić information content (AvgIpc) is 2.56. The number of hydrogen-bond acceptors (Lipinski definition) is 4. The van der Waals surface area contributed by atoms with Crippen molar-refractivity contribution in [1.82, 2.24) is 4.72 Å². The van der Waals surface area contributed by atoms with E-state index in [1.54, 1.807) is 6.07 Å². The van der Waals surface area contributed by atoms with E-state index in [0.29, 0.717) is 16.5 Å². The van der Waals surface area contributed by atoms with Crippen molar-refractivity contribution in [2.45, 2.75) is 4.90 Å². The van der Waals surface area contributed by atoms with Crippen molar-refractivity contribution in [1.29, 1.82) is 0 Å². The normalized spacial score (nSPS) is 11.1. The van der Waals surface area contributed by atoms with Crippen molar-refractivity contribution in [3.05, 3.63) is 52.5 Å². The summed E-state index contributed by atoms with van der Waals surface area (Å²) in [5, 5.41) is 3.19. The summed E-state index contributed by atoms with van der Waals surface area (Å²) in [6, 6.07) is 10.4. The number of anilines is 1. The molecule has 0 saturated heterocycles. The SMILES string of the molecule is COc1ccc(S(=O)(=O)NCC(=O)Nc2ccc(Cl)cc2Cl)cc1. The van der Waals surface area contributed by atoms with Crippen LogP contribution in [0.4, 0.5) is 5.69 Å². The Balaban J connectivity index is 1.99. The quantitative estimate of drug-likeness (QED) is 0.796. The van der Waals surface area contributed by atoms with E-state index in [4.69, 9.17) is 27.9 Å². The van der Waals surface area contributed by atoms with Gasteiger partial charge < -0.3 is 10.1 Å². The molecule has 0 aliphatic rings. The van der Waals surface area contributed by atoms with Crippen molar-refractivity contribution in [3.63, 3.8) is 0 Å². The Labute approximate surface area is 149 Å². The molecule has 0 atom stereocenters. The molecule has 2 N–H and O–H groups in total. The maximum atomic E-state index is 12.1. The summed E-state index contributed by atoms with van der Waals surface area (Å²) in [7, 11) is -2.33. The monoisotopic (exact) mass is 388 g/mol. The Kier molecular flexibility index (Phi) is 6.06. The molecule has 24 heavy (non-hydrogen) atoms. The molecule has 0 heterocycles. The molecule has 0 aliphatic heterocycles. The first-order valence-electron chi connectivity index (χ1n) is 6.70. The smallest absolute Gasteiger partial charge is 0.241 e. The first-order valence-corrected chi connectivity index (χ1v) is 8.94. The fraction of sp³-hybridized carbons (Fsp3) is 0.133. The van der Waals surface area contributed by atoms with Crippen LogP contribution in [0.15, 0.2) is 47.4 Å². The van der Waals surface area contributed by atoms with E-state index in [1.165, 1.54) is 43.5 Å². The summed E-state index contributed by atoms with van der Waals surface area (Å²) >= 11 is 11.7. The van der Waals surface area contributed by atoms with Gasteiger partial charge in [-0.25, -0.2) is 13.1 Å². The van der Waals surface area contributed by atoms with E-state index in [-0.39, 0.29) is 9.92 Å². The molecule has 0 aromatic heterocycles. The molecule has 6 nitrogen and oxygen atoms in total. The molecule has 2 aromatic carbocycles. The van der Waals surface area contributed by atoms with Crippen molar-refractivity contribution in [2.24, 2.45) is 0 Å². The summed E-state index contributed by atoms with van der Waals surface area (Å²) in [5.41, 5.74) is 0.342. The molecule has 0 aliphatic carbocycles. The van der Waals surface area contributed by atoms with Crippen LogP contribution < -0.4 is 14.8 Å². The second kappa shape index (κ2) is 7.85. The van der Waals surface area contributed by atoms with Crippen LogP contribution >= 0.6 is 23.2 Å². The Bertz CT molecular complexity index is 839. The van der Waals surface area contributed by atoms with Crippen LogP contribution in [0.3, 0.4) is 0 Å². The number of hydrogen-bond donors (Lipinski definition) is 2. The van der Waals surface area contributed by atoms with Crippen LogP contribution in [0.25, 0.3) is 0 Å². The molecule has 0 saturated carbocycles. The molecule has 0 spiro atoms. The number of sulfonamides is 1. The molecule has 0 unspecified atom stereocenters. The minimum Gasteiger partial charge on any atom is -0.497 e. The van der Waals surface area contributed by atoms with E-state index >= 15 is 0 Å². The molecule has 2 aromatic rings. The number of carbonyl (C=O) groups excluding carboxylic acids is 1. The van der Waals surface area contributed by atoms with Crippen LogP contribution in [0.5, 0.6) is 5.75 Å². The number of methoxy groups -OCH3 is 1. The molecule has 0 bridgehead atoms.